The van der Waals surface area contributed by atoms with Crippen molar-refractivity contribution in [2.24, 2.45) is 14.1 Å². The zero-order valence-electron chi connectivity index (χ0n) is 13.1. The molecule has 0 N–H and O–H groups in total. The fraction of sp³-hybridized carbons (Fsp3) is 0.385. The van der Waals surface area contributed by atoms with E-state index in [-0.39, 0.29) is 17.3 Å². The van der Waals surface area contributed by atoms with E-state index in [1.54, 1.807) is 11.7 Å². The smallest absolute Gasteiger partial charge is 0.358 e. The summed E-state index contributed by atoms with van der Waals surface area (Å²) in [6.07, 6.45) is 1.77. The van der Waals surface area contributed by atoms with E-state index in [9.17, 15) is 10.1 Å². The quantitative estimate of drug-likeness (QED) is 0.526. The molecular formula is C13H15N7O3. The molecule has 3 aromatic rings. The van der Waals surface area contributed by atoms with Gasteiger partial charge in [0.1, 0.15) is 0 Å². The van der Waals surface area contributed by atoms with Crippen LogP contribution in [0.2, 0.25) is 0 Å². The van der Waals surface area contributed by atoms with Crippen LogP contribution in [0.25, 0.3) is 11.5 Å². The van der Waals surface area contributed by atoms with Crippen LogP contribution in [0.5, 0.6) is 0 Å². The minimum atomic E-state index is -0.569. The van der Waals surface area contributed by atoms with Crippen LogP contribution in [0.1, 0.15) is 22.8 Å². The molecule has 0 aromatic carbocycles. The van der Waals surface area contributed by atoms with E-state index in [4.69, 9.17) is 4.52 Å². The van der Waals surface area contributed by atoms with Gasteiger partial charge < -0.3 is 19.2 Å². The molecule has 0 saturated heterocycles. The van der Waals surface area contributed by atoms with E-state index >= 15 is 0 Å². The SMILES string of the molecule is Cc1nn(C)c(C)c1Cc1nc(-c2c([N+](=O)[O-])ncn2C)no1. The van der Waals surface area contributed by atoms with Crippen molar-refractivity contribution < 1.29 is 9.45 Å². The summed E-state index contributed by atoms with van der Waals surface area (Å²) in [5.41, 5.74) is 3.11. The maximum absolute atomic E-state index is 11.0. The highest BCUT2D eigenvalue weighted by Crippen LogP contribution is 2.26. The first kappa shape index (κ1) is 14.9. The van der Waals surface area contributed by atoms with Gasteiger partial charge in [-0.15, -0.1) is 0 Å². The largest absolute Gasteiger partial charge is 0.393 e. The third-order valence-corrected chi connectivity index (χ3v) is 3.76. The molecule has 0 spiro atoms. The number of nitrogens with zero attached hydrogens (tertiary/aromatic N) is 7. The average Bonchev–Trinajstić information content (AvgIpc) is 3.14. The van der Waals surface area contributed by atoms with E-state index in [1.165, 1.54) is 10.9 Å². The monoisotopic (exact) mass is 317 g/mol. The Morgan fingerprint density at radius 2 is 2.09 bits per heavy atom. The van der Waals surface area contributed by atoms with Crippen molar-refractivity contribution in [2.45, 2.75) is 20.3 Å². The lowest BCUT2D eigenvalue weighted by Crippen LogP contribution is -1.97. The number of imidazole rings is 1. The van der Waals surface area contributed by atoms with Crippen molar-refractivity contribution >= 4 is 5.82 Å². The van der Waals surface area contributed by atoms with E-state index in [0.29, 0.717) is 12.3 Å². The second-order valence-corrected chi connectivity index (χ2v) is 5.25. The van der Waals surface area contributed by atoms with Crippen LogP contribution in [0, 0.1) is 24.0 Å². The molecule has 3 heterocycles. The summed E-state index contributed by atoms with van der Waals surface area (Å²) in [5.74, 6) is 0.217. The van der Waals surface area contributed by atoms with Gasteiger partial charge in [0, 0.05) is 25.4 Å². The topological polar surface area (TPSA) is 118 Å². The predicted octanol–water partition coefficient (Wildman–Crippen LogP) is 1.32. The Morgan fingerprint density at radius 1 is 1.35 bits per heavy atom. The molecule has 0 bridgehead atoms. The molecule has 10 heteroatoms. The summed E-state index contributed by atoms with van der Waals surface area (Å²) >= 11 is 0. The van der Waals surface area contributed by atoms with Crippen LogP contribution in [-0.2, 0) is 20.5 Å². The van der Waals surface area contributed by atoms with Gasteiger partial charge in [0.15, 0.2) is 5.69 Å². The maximum Gasteiger partial charge on any atom is 0.393 e. The van der Waals surface area contributed by atoms with Gasteiger partial charge in [-0.1, -0.05) is 5.16 Å². The van der Waals surface area contributed by atoms with E-state index < -0.39 is 4.92 Å². The highest BCUT2D eigenvalue weighted by molar-refractivity contribution is 5.60. The lowest BCUT2D eigenvalue weighted by molar-refractivity contribution is -0.388. The number of hydrogen-bond acceptors (Lipinski definition) is 7. The number of hydrogen-bond donors (Lipinski definition) is 0. The minimum absolute atomic E-state index is 0.144. The molecule has 0 radical (unpaired) electrons. The number of rotatable bonds is 4. The molecule has 23 heavy (non-hydrogen) atoms. The molecule has 3 rings (SSSR count). The zero-order valence-corrected chi connectivity index (χ0v) is 13.1. The Kier molecular flexibility index (Phi) is 3.43. The number of nitro groups is 1. The lowest BCUT2D eigenvalue weighted by atomic mass is 10.1. The molecule has 120 valence electrons. The highest BCUT2D eigenvalue weighted by atomic mass is 16.6. The fourth-order valence-corrected chi connectivity index (χ4v) is 2.46. The van der Waals surface area contributed by atoms with Gasteiger partial charge in [0.05, 0.1) is 12.1 Å². The summed E-state index contributed by atoms with van der Waals surface area (Å²) in [6, 6.07) is 0. The molecule has 0 aliphatic heterocycles. The van der Waals surface area contributed by atoms with Crippen LogP contribution in [0.4, 0.5) is 5.82 Å². The predicted molar refractivity (Wildman–Crippen MR) is 78.6 cm³/mol. The van der Waals surface area contributed by atoms with Crippen LogP contribution in [0.3, 0.4) is 0 Å². The van der Waals surface area contributed by atoms with Crippen molar-refractivity contribution in [3.63, 3.8) is 0 Å². The van der Waals surface area contributed by atoms with Crippen LogP contribution >= 0.6 is 0 Å². The standard InChI is InChI=1S/C13H15N7O3/c1-7-9(8(2)19(4)16-7)5-10-15-12(17-23-10)11-13(20(21)22)14-6-18(11)3/h6H,5H2,1-4H3. The van der Waals surface area contributed by atoms with Gasteiger partial charge in [-0.2, -0.15) is 10.1 Å². The van der Waals surface area contributed by atoms with Gasteiger partial charge >= 0.3 is 5.82 Å². The minimum Gasteiger partial charge on any atom is -0.358 e. The zero-order chi connectivity index (χ0) is 16.7. The fourth-order valence-electron chi connectivity index (χ4n) is 2.46. The van der Waals surface area contributed by atoms with E-state index in [0.717, 1.165) is 17.0 Å². The Balaban J connectivity index is 1.95. The summed E-state index contributed by atoms with van der Waals surface area (Å²) in [4.78, 5) is 18.5. The molecule has 10 nitrogen and oxygen atoms in total. The second-order valence-electron chi connectivity index (χ2n) is 5.25. The Bertz CT molecular complexity index is 890. The summed E-state index contributed by atoms with van der Waals surface area (Å²) in [6.45, 7) is 3.87. The summed E-state index contributed by atoms with van der Waals surface area (Å²) in [5, 5.41) is 19.2. The highest BCUT2D eigenvalue weighted by Gasteiger charge is 2.26. The van der Waals surface area contributed by atoms with Gasteiger partial charge in [0.2, 0.25) is 18.0 Å². The molecule has 0 saturated carbocycles. The molecule has 0 amide bonds. The third kappa shape index (κ3) is 2.47. The van der Waals surface area contributed by atoms with Crippen LogP contribution in [-0.4, -0.2) is 34.4 Å². The second kappa shape index (κ2) is 5.30. The first-order chi connectivity index (χ1) is 10.9. The van der Waals surface area contributed by atoms with Crippen molar-refractivity contribution in [1.82, 2.24) is 29.5 Å². The van der Waals surface area contributed by atoms with Crippen molar-refractivity contribution in [3.8, 4) is 11.5 Å². The molecule has 0 atom stereocenters. The van der Waals surface area contributed by atoms with Crippen LogP contribution in [0.15, 0.2) is 10.9 Å². The van der Waals surface area contributed by atoms with Crippen molar-refractivity contribution in [2.75, 3.05) is 0 Å². The van der Waals surface area contributed by atoms with E-state index in [1.807, 2.05) is 20.9 Å². The Labute approximate surface area is 130 Å². The normalized spacial score (nSPS) is 11.1. The van der Waals surface area contributed by atoms with Gasteiger partial charge in [-0.25, -0.2) is 0 Å². The molecule has 3 aromatic heterocycles. The Morgan fingerprint density at radius 3 is 2.70 bits per heavy atom. The first-order valence-corrected chi connectivity index (χ1v) is 6.86. The summed E-state index contributed by atoms with van der Waals surface area (Å²) < 4.78 is 8.52. The number of aryl methyl sites for hydroxylation is 3. The molecule has 0 aliphatic rings. The molecule has 0 unspecified atom stereocenters. The third-order valence-electron chi connectivity index (χ3n) is 3.76. The Hall–Kier alpha value is -3.04. The lowest BCUT2D eigenvalue weighted by Gasteiger charge is -1.97. The maximum atomic E-state index is 11.0. The average molecular weight is 317 g/mol. The van der Waals surface area contributed by atoms with Gasteiger partial charge in [-0.05, 0) is 23.8 Å². The molecule has 0 aliphatic carbocycles. The molecular weight excluding hydrogens is 302 g/mol. The summed E-state index contributed by atoms with van der Waals surface area (Å²) in [7, 11) is 3.50. The molecule has 0 fully saturated rings. The number of aromatic nitrogens is 6. The van der Waals surface area contributed by atoms with Crippen molar-refractivity contribution in [3.05, 3.63) is 39.3 Å². The first-order valence-electron chi connectivity index (χ1n) is 6.86. The van der Waals surface area contributed by atoms with Crippen LogP contribution < -0.4 is 0 Å². The van der Waals surface area contributed by atoms with E-state index in [2.05, 4.69) is 20.2 Å². The van der Waals surface area contributed by atoms with Gasteiger partial charge in [-0.3, -0.25) is 4.68 Å². The van der Waals surface area contributed by atoms with Gasteiger partial charge in [0.25, 0.3) is 0 Å². The van der Waals surface area contributed by atoms with Crippen molar-refractivity contribution in [1.29, 1.82) is 0 Å².